The Labute approximate surface area is 136 Å². The highest BCUT2D eigenvalue weighted by Gasteiger charge is 2.21. The molecule has 1 aliphatic heterocycles. The van der Waals surface area contributed by atoms with Gasteiger partial charge in [0.15, 0.2) is 0 Å². The van der Waals surface area contributed by atoms with Crippen molar-refractivity contribution in [3.05, 3.63) is 41.6 Å². The van der Waals surface area contributed by atoms with Crippen LogP contribution in [0.1, 0.15) is 30.2 Å². The van der Waals surface area contributed by atoms with Crippen molar-refractivity contribution < 1.29 is 13.9 Å². The predicted molar refractivity (Wildman–Crippen MR) is 85.1 cm³/mol. The molecule has 1 aliphatic rings. The van der Waals surface area contributed by atoms with Gasteiger partial charge in [0, 0.05) is 32.2 Å². The van der Waals surface area contributed by atoms with Crippen molar-refractivity contribution in [1.29, 1.82) is 0 Å². The minimum absolute atomic E-state index is 0.272. The number of hydrogen-bond acceptors (Lipinski definition) is 6. The largest absolute Gasteiger partial charge is 0.496 e. The number of hydrogen-bond donors (Lipinski definition) is 0. The topological polar surface area (TPSA) is 60.6 Å². The van der Waals surface area contributed by atoms with Crippen LogP contribution in [0.3, 0.4) is 0 Å². The van der Waals surface area contributed by atoms with Gasteiger partial charge in [-0.05, 0) is 18.9 Å². The number of nitrogens with zero attached hydrogens (tertiary/aromatic N) is 3. The minimum Gasteiger partial charge on any atom is -0.496 e. The maximum absolute atomic E-state index is 5.78. The molecule has 1 saturated heterocycles. The highest BCUT2D eigenvalue weighted by atomic mass is 16.5. The van der Waals surface area contributed by atoms with Gasteiger partial charge in [0.05, 0.1) is 19.8 Å². The molecule has 0 aliphatic carbocycles. The van der Waals surface area contributed by atoms with Crippen LogP contribution in [0, 0.1) is 6.92 Å². The van der Waals surface area contributed by atoms with E-state index in [4.69, 9.17) is 13.9 Å². The third-order valence-electron chi connectivity index (χ3n) is 4.00. The normalized spacial score (nSPS) is 17.8. The Morgan fingerprint density at radius 1 is 1.26 bits per heavy atom. The van der Waals surface area contributed by atoms with Gasteiger partial charge in [-0.2, -0.15) is 0 Å². The molecule has 0 unspecified atom stereocenters. The summed E-state index contributed by atoms with van der Waals surface area (Å²) in [7, 11) is 1.70. The Morgan fingerprint density at radius 3 is 2.83 bits per heavy atom. The summed E-state index contributed by atoms with van der Waals surface area (Å²) in [4.78, 5) is 2.28. The maximum atomic E-state index is 5.78. The van der Waals surface area contributed by atoms with Crippen molar-refractivity contribution in [3.8, 4) is 5.75 Å². The number of benzene rings is 1. The fourth-order valence-electron chi connectivity index (χ4n) is 2.93. The predicted octanol–water partition coefficient (Wildman–Crippen LogP) is 2.57. The first-order chi connectivity index (χ1) is 11.2. The lowest BCUT2D eigenvalue weighted by molar-refractivity contribution is 0.0644. The van der Waals surface area contributed by atoms with E-state index in [9.17, 15) is 0 Å². The van der Waals surface area contributed by atoms with E-state index in [0.29, 0.717) is 18.3 Å². The lowest BCUT2D eigenvalue weighted by Crippen LogP contribution is -2.31. The Morgan fingerprint density at radius 2 is 2.13 bits per heavy atom. The molecule has 2 heterocycles. The molecule has 1 atom stereocenters. The summed E-state index contributed by atoms with van der Waals surface area (Å²) in [5.41, 5.74) is 1.14. The zero-order chi connectivity index (χ0) is 16.1. The second-order valence-electron chi connectivity index (χ2n) is 5.83. The molecule has 0 radical (unpaired) electrons. The van der Waals surface area contributed by atoms with Gasteiger partial charge in [-0.25, -0.2) is 0 Å². The van der Waals surface area contributed by atoms with Gasteiger partial charge < -0.3 is 13.9 Å². The molecule has 0 saturated carbocycles. The first-order valence-electron chi connectivity index (χ1n) is 7.99. The van der Waals surface area contributed by atoms with Crippen LogP contribution in [0.2, 0.25) is 0 Å². The summed E-state index contributed by atoms with van der Waals surface area (Å²) in [5.74, 6) is 2.12. The van der Waals surface area contributed by atoms with E-state index >= 15 is 0 Å². The van der Waals surface area contributed by atoms with Crippen LogP contribution < -0.4 is 4.74 Å². The third kappa shape index (κ3) is 4.30. The molecule has 0 spiro atoms. The van der Waals surface area contributed by atoms with Crippen LogP contribution in [0.5, 0.6) is 5.75 Å². The Kier molecular flexibility index (Phi) is 5.25. The number of aryl methyl sites for hydroxylation is 1. The average molecular weight is 317 g/mol. The second kappa shape index (κ2) is 7.57. The van der Waals surface area contributed by atoms with Crippen LogP contribution in [-0.4, -0.2) is 41.5 Å². The van der Waals surface area contributed by atoms with E-state index < -0.39 is 0 Å². The van der Waals surface area contributed by atoms with Gasteiger partial charge in [0.2, 0.25) is 11.8 Å². The molecule has 1 aromatic carbocycles. The zero-order valence-electron chi connectivity index (χ0n) is 13.7. The Hall–Kier alpha value is -1.92. The summed E-state index contributed by atoms with van der Waals surface area (Å²) >= 11 is 0. The number of para-hydroxylation sites is 1. The van der Waals surface area contributed by atoms with Crippen molar-refractivity contribution in [3.63, 3.8) is 0 Å². The highest BCUT2D eigenvalue weighted by molar-refractivity contribution is 5.33. The van der Waals surface area contributed by atoms with Gasteiger partial charge >= 0.3 is 0 Å². The third-order valence-corrected chi connectivity index (χ3v) is 4.00. The molecule has 23 heavy (non-hydrogen) atoms. The molecular weight excluding hydrogens is 294 g/mol. The monoisotopic (exact) mass is 317 g/mol. The first kappa shape index (κ1) is 16.0. The van der Waals surface area contributed by atoms with Crippen LogP contribution in [-0.2, 0) is 17.8 Å². The molecule has 0 amide bonds. The van der Waals surface area contributed by atoms with Gasteiger partial charge in [-0.3, -0.25) is 4.90 Å². The SMILES string of the molecule is COc1ccccc1CN(Cc1nnc(C)o1)C[C@@H]1CCCO1. The number of rotatable bonds is 7. The molecule has 0 bridgehead atoms. The van der Waals surface area contributed by atoms with Gasteiger partial charge in [-0.1, -0.05) is 18.2 Å². The quantitative estimate of drug-likeness (QED) is 0.782. The van der Waals surface area contributed by atoms with E-state index in [-0.39, 0.29) is 6.10 Å². The van der Waals surface area contributed by atoms with Crippen molar-refractivity contribution in [2.24, 2.45) is 0 Å². The van der Waals surface area contributed by atoms with Crippen molar-refractivity contribution in [1.82, 2.24) is 15.1 Å². The van der Waals surface area contributed by atoms with Crippen molar-refractivity contribution in [2.75, 3.05) is 20.3 Å². The molecule has 124 valence electrons. The maximum Gasteiger partial charge on any atom is 0.230 e. The second-order valence-corrected chi connectivity index (χ2v) is 5.83. The lowest BCUT2D eigenvalue weighted by Gasteiger charge is -2.24. The van der Waals surface area contributed by atoms with Gasteiger partial charge in [0.1, 0.15) is 5.75 Å². The number of aromatic nitrogens is 2. The molecular formula is C17H23N3O3. The van der Waals surface area contributed by atoms with E-state index in [2.05, 4.69) is 21.2 Å². The molecule has 3 rings (SSSR count). The van der Waals surface area contributed by atoms with E-state index in [1.807, 2.05) is 18.2 Å². The Balaban J connectivity index is 1.73. The van der Waals surface area contributed by atoms with Crippen molar-refractivity contribution in [2.45, 2.75) is 39.0 Å². The minimum atomic E-state index is 0.272. The number of ether oxygens (including phenoxy) is 2. The fraction of sp³-hybridized carbons (Fsp3) is 0.529. The van der Waals surface area contributed by atoms with Gasteiger partial charge in [-0.15, -0.1) is 10.2 Å². The molecule has 1 fully saturated rings. The van der Waals surface area contributed by atoms with Crippen molar-refractivity contribution >= 4 is 0 Å². The molecule has 6 nitrogen and oxygen atoms in total. The average Bonchev–Trinajstić information content (AvgIpc) is 3.20. The summed E-state index contributed by atoms with van der Waals surface area (Å²) in [5, 5.41) is 8.03. The molecule has 1 aromatic heterocycles. The Bertz CT molecular complexity index is 623. The van der Waals surface area contributed by atoms with E-state index in [1.54, 1.807) is 14.0 Å². The summed E-state index contributed by atoms with van der Waals surface area (Å²) in [6.45, 7) is 4.87. The van der Waals surface area contributed by atoms with E-state index in [1.165, 1.54) is 0 Å². The van der Waals surface area contributed by atoms with Crippen LogP contribution >= 0.6 is 0 Å². The molecule has 2 aromatic rings. The highest BCUT2D eigenvalue weighted by Crippen LogP contribution is 2.22. The van der Waals surface area contributed by atoms with Gasteiger partial charge in [0.25, 0.3) is 0 Å². The molecule has 0 N–H and O–H groups in total. The van der Waals surface area contributed by atoms with Crippen LogP contribution in [0.4, 0.5) is 0 Å². The standard InChI is InChI=1S/C17H23N3O3/c1-13-18-19-17(23-13)12-20(11-15-7-5-9-22-15)10-14-6-3-4-8-16(14)21-2/h3-4,6,8,15H,5,7,9-12H2,1-2H3/t15-/m0/s1. The lowest BCUT2D eigenvalue weighted by atomic mass is 10.1. The molecule has 6 heteroatoms. The van der Waals surface area contributed by atoms with Crippen LogP contribution in [0.15, 0.2) is 28.7 Å². The zero-order valence-corrected chi connectivity index (χ0v) is 13.7. The van der Waals surface area contributed by atoms with E-state index in [0.717, 1.165) is 43.9 Å². The van der Waals surface area contributed by atoms with Crippen LogP contribution in [0.25, 0.3) is 0 Å². The smallest absolute Gasteiger partial charge is 0.230 e. The summed E-state index contributed by atoms with van der Waals surface area (Å²) in [6, 6.07) is 8.07. The first-order valence-corrected chi connectivity index (χ1v) is 7.99. The fourth-order valence-corrected chi connectivity index (χ4v) is 2.93. The summed E-state index contributed by atoms with van der Waals surface area (Å²) in [6.07, 6.45) is 2.51. The number of methoxy groups -OCH3 is 1. The summed E-state index contributed by atoms with van der Waals surface area (Å²) < 4.78 is 16.8.